The molecule has 0 aliphatic heterocycles. The number of ketones is 1. The summed E-state index contributed by atoms with van der Waals surface area (Å²) in [6.07, 6.45) is 12.1. The lowest BCUT2D eigenvalue weighted by molar-refractivity contribution is -0.929. The van der Waals surface area contributed by atoms with E-state index in [1.807, 2.05) is 0 Å². The van der Waals surface area contributed by atoms with E-state index in [1.54, 1.807) is 0 Å². The van der Waals surface area contributed by atoms with Gasteiger partial charge in [0.1, 0.15) is 0 Å². The summed E-state index contributed by atoms with van der Waals surface area (Å²) in [6, 6.07) is 0. The SMILES string of the molecule is CC(=O)/C=C(\C)[O-].CCCC[N+](CCCC)(CCCC)CCCC. The quantitative estimate of drug-likeness (QED) is 0.273. The molecule has 0 heterocycles. The van der Waals surface area contributed by atoms with Gasteiger partial charge in [0.25, 0.3) is 0 Å². The van der Waals surface area contributed by atoms with Crippen LogP contribution in [0.1, 0.15) is 92.9 Å². The topological polar surface area (TPSA) is 40.1 Å². The molecule has 0 aromatic rings. The molecular weight excluding hydrogens is 298 g/mol. The van der Waals surface area contributed by atoms with Gasteiger partial charge in [0.2, 0.25) is 0 Å². The minimum Gasteiger partial charge on any atom is -0.876 e. The Balaban J connectivity index is 0. The van der Waals surface area contributed by atoms with Gasteiger partial charge in [-0.3, -0.25) is 4.79 Å². The van der Waals surface area contributed by atoms with Gasteiger partial charge in [0, 0.05) is 0 Å². The van der Waals surface area contributed by atoms with Crippen LogP contribution in [0.25, 0.3) is 0 Å². The Labute approximate surface area is 151 Å². The molecule has 0 amide bonds. The van der Waals surface area contributed by atoms with Gasteiger partial charge >= 0.3 is 0 Å². The van der Waals surface area contributed by atoms with Crippen LogP contribution in [0.3, 0.4) is 0 Å². The van der Waals surface area contributed by atoms with Crippen molar-refractivity contribution in [2.24, 2.45) is 0 Å². The zero-order valence-corrected chi connectivity index (χ0v) is 17.3. The second-order valence-electron chi connectivity index (χ2n) is 7.02. The molecule has 0 bridgehead atoms. The molecule has 0 N–H and O–H groups in total. The molecule has 0 saturated carbocycles. The molecule has 0 spiro atoms. The molecule has 24 heavy (non-hydrogen) atoms. The maximum Gasteiger partial charge on any atom is 0.151 e. The number of rotatable bonds is 13. The van der Waals surface area contributed by atoms with Crippen molar-refractivity contribution in [2.45, 2.75) is 92.9 Å². The highest BCUT2D eigenvalue weighted by Crippen LogP contribution is 2.16. The maximum atomic E-state index is 9.98. The van der Waals surface area contributed by atoms with Crippen LogP contribution in [-0.2, 0) is 4.79 Å². The standard InChI is InChI=1S/C16H36N.C5H8O2/c1-5-9-13-17(14-10-6-2,15-11-7-3)16-12-8-4;1-4(6)3-5(2)7/h5-16H2,1-4H3;3,6H,1-2H3/q+1;/p-1/b;4-3+. The largest absolute Gasteiger partial charge is 0.876 e. The summed E-state index contributed by atoms with van der Waals surface area (Å²) in [5.74, 6) is -0.375. The van der Waals surface area contributed by atoms with Gasteiger partial charge in [-0.2, -0.15) is 0 Å². The van der Waals surface area contributed by atoms with Gasteiger partial charge < -0.3 is 9.59 Å². The number of hydrogen-bond acceptors (Lipinski definition) is 2. The lowest BCUT2D eigenvalue weighted by Crippen LogP contribution is -2.50. The van der Waals surface area contributed by atoms with Gasteiger partial charge in [-0.25, -0.2) is 0 Å². The molecule has 0 aliphatic carbocycles. The Hall–Kier alpha value is -0.830. The molecule has 3 nitrogen and oxygen atoms in total. The summed E-state index contributed by atoms with van der Waals surface area (Å²) in [7, 11) is 0. The van der Waals surface area contributed by atoms with Crippen LogP contribution in [0.2, 0.25) is 0 Å². The van der Waals surface area contributed by atoms with Crippen LogP contribution < -0.4 is 5.11 Å². The normalized spacial score (nSPS) is 11.8. The van der Waals surface area contributed by atoms with E-state index in [9.17, 15) is 9.90 Å². The van der Waals surface area contributed by atoms with E-state index in [1.165, 1.54) is 95.9 Å². The van der Waals surface area contributed by atoms with Crippen molar-refractivity contribution in [3.8, 4) is 0 Å². The first-order valence-electron chi connectivity index (χ1n) is 10.1. The van der Waals surface area contributed by atoms with Crippen molar-refractivity contribution in [3.63, 3.8) is 0 Å². The van der Waals surface area contributed by atoms with E-state index in [0.717, 1.165) is 6.08 Å². The van der Waals surface area contributed by atoms with E-state index in [4.69, 9.17) is 0 Å². The average Bonchev–Trinajstić information content (AvgIpc) is 2.53. The van der Waals surface area contributed by atoms with Gasteiger partial charge in [0.05, 0.1) is 26.2 Å². The third kappa shape index (κ3) is 16.0. The summed E-state index contributed by atoms with van der Waals surface area (Å²) < 4.78 is 1.42. The van der Waals surface area contributed by atoms with Crippen LogP contribution >= 0.6 is 0 Å². The summed E-state index contributed by atoms with van der Waals surface area (Å²) in [5.41, 5.74) is 0. The number of unbranched alkanes of at least 4 members (excludes halogenated alkanes) is 4. The third-order valence-electron chi connectivity index (χ3n) is 4.35. The molecule has 0 rings (SSSR count). The van der Waals surface area contributed by atoms with E-state index in [-0.39, 0.29) is 11.5 Å². The molecule has 0 aliphatic rings. The number of nitrogens with zero attached hydrogens (tertiary/aromatic N) is 1. The molecule has 144 valence electrons. The second-order valence-corrected chi connectivity index (χ2v) is 7.02. The van der Waals surface area contributed by atoms with Gasteiger partial charge in [0.15, 0.2) is 5.78 Å². The summed E-state index contributed by atoms with van der Waals surface area (Å²) in [5, 5.41) is 9.98. The molecule has 0 atom stereocenters. The first kappa shape index (κ1) is 25.4. The smallest absolute Gasteiger partial charge is 0.151 e. The minimum atomic E-state index is -0.187. The molecule has 0 saturated heterocycles. The van der Waals surface area contributed by atoms with E-state index in [0.29, 0.717) is 0 Å². The van der Waals surface area contributed by atoms with Gasteiger partial charge in [-0.05, 0) is 38.7 Å². The second kappa shape index (κ2) is 17.0. The summed E-state index contributed by atoms with van der Waals surface area (Å²) in [4.78, 5) is 9.98. The molecule has 0 radical (unpaired) electrons. The van der Waals surface area contributed by atoms with Crippen molar-refractivity contribution in [1.29, 1.82) is 0 Å². The fourth-order valence-electron chi connectivity index (χ4n) is 2.93. The number of carbonyl (C=O) groups excluding carboxylic acids is 1. The first-order valence-corrected chi connectivity index (χ1v) is 10.1. The van der Waals surface area contributed by atoms with E-state index < -0.39 is 0 Å². The fraction of sp³-hybridized carbons (Fsp3) is 0.857. The van der Waals surface area contributed by atoms with Crippen molar-refractivity contribution in [3.05, 3.63) is 11.8 Å². The van der Waals surface area contributed by atoms with E-state index in [2.05, 4.69) is 27.7 Å². The van der Waals surface area contributed by atoms with Gasteiger partial charge in [-0.15, -0.1) is 5.76 Å². The molecule has 0 unspecified atom stereocenters. The predicted molar refractivity (Wildman–Crippen MR) is 104 cm³/mol. The van der Waals surface area contributed by atoms with Crippen LogP contribution in [-0.4, -0.2) is 36.4 Å². The van der Waals surface area contributed by atoms with Crippen LogP contribution in [0.15, 0.2) is 11.8 Å². The van der Waals surface area contributed by atoms with Gasteiger partial charge in [-0.1, -0.05) is 60.3 Å². The zero-order chi connectivity index (χ0) is 18.8. The highest BCUT2D eigenvalue weighted by atomic mass is 16.3. The lowest BCUT2D eigenvalue weighted by atomic mass is 10.1. The van der Waals surface area contributed by atoms with Crippen molar-refractivity contribution < 1.29 is 14.4 Å². The Kier molecular flexibility index (Phi) is 18.0. The minimum absolute atomic E-state index is 0.187. The van der Waals surface area contributed by atoms with Crippen molar-refractivity contribution in [2.75, 3.05) is 26.2 Å². The third-order valence-corrected chi connectivity index (χ3v) is 4.35. The molecule has 0 aromatic carbocycles. The Morgan fingerprint density at radius 2 is 1.04 bits per heavy atom. The highest BCUT2D eigenvalue weighted by molar-refractivity contribution is 5.87. The Morgan fingerprint density at radius 3 is 1.17 bits per heavy atom. The fourth-order valence-corrected chi connectivity index (χ4v) is 2.93. The number of quaternary nitrogens is 1. The lowest BCUT2D eigenvalue weighted by Gasteiger charge is -2.39. The summed E-state index contributed by atoms with van der Waals surface area (Å²) in [6.45, 7) is 17.7. The van der Waals surface area contributed by atoms with Crippen LogP contribution in [0.4, 0.5) is 0 Å². The molecular formula is C21H43NO2. The van der Waals surface area contributed by atoms with Crippen molar-refractivity contribution >= 4 is 5.78 Å². The number of allylic oxidation sites excluding steroid dienone is 2. The molecule has 0 fully saturated rings. The molecule has 3 heteroatoms. The van der Waals surface area contributed by atoms with Crippen molar-refractivity contribution in [1.82, 2.24) is 0 Å². The zero-order valence-electron chi connectivity index (χ0n) is 17.3. The average molecular weight is 342 g/mol. The number of carbonyl (C=O) groups is 1. The maximum absolute atomic E-state index is 9.98. The van der Waals surface area contributed by atoms with Crippen LogP contribution in [0.5, 0.6) is 0 Å². The Morgan fingerprint density at radius 1 is 0.750 bits per heavy atom. The predicted octanol–water partition coefficient (Wildman–Crippen LogP) is 4.84. The highest BCUT2D eigenvalue weighted by Gasteiger charge is 2.24. The monoisotopic (exact) mass is 341 g/mol. The van der Waals surface area contributed by atoms with E-state index >= 15 is 0 Å². The molecule has 0 aromatic heterocycles. The summed E-state index contributed by atoms with van der Waals surface area (Å²) >= 11 is 0. The van der Waals surface area contributed by atoms with Crippen LogP contribution in [0, 0.1) is 0 Å². The first-order chi connectivity index (χ1) is 11.4. The Bertz CT molecular complexity index is 282. The number of hydrogen-bond donors (Lipinski definition) is 0.